The minimum absolute atomic E-state index is 0.136. The Morgan fingerprint density at radius 2 is 1.86 bits per heavy atom. The molecule has 1 aliphatic rings. The fourth-order valence-electron chi connectivity index (χ4n) is 3.30. The first-order valence-corrected chi connectivity index (χ1v) is 10.2. The molecule has 3 aromatic rings. The van der Waals surface area contributed by atoms with Gasteiger partial charge in [-0.3, -0.25) is 14.5 Å². The number of anilines is 2. The van der Waals surface area contributed by atoms with Crippen LogP contribution in [-0.4, -0.2) is 17.6 Å². The van der Waals surface area contributed by atoms with Gasteiger partial charge in [0, 0.05) is 11.3 Å². The number of nitrogens with zero attached hydrogens (tertiary/aromatic N) is 1. The van der Waals surface area contributed by atoms with Crippen LogP contribution < -0.4 is 10.2 Å². The van der Waals surface area contributed by atoms with Crippen molar-refractivity contribution in [2.24, 2.45) is 0 Å². The Morgan fingerprint density at radius 1 is 1.07 bits per heavy atom. The Kier molecular flexibility index (Phi) is 5.36. The van der Waals surface area contributed by atoms with E-state index < -0.39 is 5.82 Å². The SMILES string of the molecule is Cc1ccc(F)c(N2C(=O)CSC2c2cccc(NC(=O)c3ccccc3)c2)c1. The summed E-state index contributed by atoms with van der Waals surface area (Å²) in [7, 11) is 0. The van der Waals surface area contributed by atoms with Crippen LogP contribution in [0.15, 0.2) is 72.8 Å². The third kappa shape index (κ3) is 4.03. The van der Waals surface area contributed by atoms with E-state index in [0.29, 0.717) is 11.3 Å². The van der Waals surface area contributed by atoms with Crippen LogP contribution in [0.3, 0.4) is 0 Å². The number of nitrogens with one attached hydrogen (secondary N) is 1. The lowest BCUT2D eigenvalue weighted by Gasteiger charge is -2.25. The molecule has 1 N–H and O–H groups in total. The molecule has 1 fully saturated rings. The van der Waals surface area contributed by atoms with Gasteiger partial charge in [-0.25, -0.2) is 4.39 Å². The van der Waals surface area contributed by atoms with Crippen molar-refractivity contribution in [3.63, 3.8) is 0 Å². The summed E-state index contributed by atoms with van der Waals surface area (Å²) in [4.78, 5) is 26.5. The molecule has 4 rings (SSSR count). The fraction of sp³-hybridized carbons (Fsp3) is 0.130. The highest BCUT2D eigenvalue weighted by Gasteiger charge is 2.35. The quantitative estimate of drug-likeness (QED) is 0.651. The van der Waals surface area contributed by atoms with E-state index in [0.717, 1.165) is 11.1 Å². The molecule has 1 atom stereocenters. The standard InChI is InChI=1S/C23H19FN2O2S/c1-15-10-11-19(24)20(12-15)26-21(27)14-29-23(26)17-8-5-9-18(13-17)25-22(28)16-6-3-2-4-7-16/h2-13,23H,14H2,1H3,(H,25,28). The number of thioether (sulfide) groups is 1. The molecule has 0 radical (unpaired) electrons. The summed E-state index contributed by atoms with van der Waals surface area (Å²) in [6.07, 6.45) is 0. The van der Waals surface area contributed by atoms with Gasteiger partial charge < -0.3 is 5.32 Å². The molecule has 0 bridgehead atoms. The second-order valence-electron chi connectivity index (χ2n) is 6.83. The maximum absolute atomic E-state index is 14.5. The van der Waals surface area contributed by atoms with E-state index >= 15 is 0 Å². The van der Waals surface area contributed by atoms with Crippen molar-refractivity contribution in [1.29, 1.82) is 0 Å². The van der Waals surface area contributed by atoms with Gasteiger partial charge in [0.1, 0.15) is 11.2 Å². The Bertz CT molecular complexity index is 1070. The summed E-state index contributed by atoms with van der Waals surface area (Å²) in [5.41, 5.74) is 3.18. The lowest BCUT2D eigenvalue weighted by atomic mass is 10.1. The predicted molar refractivity (Wildman–Crippen MR) is 115 cm³/mol. The molecule has 0 spiro atoms. The highest BCUT2D eigenvalue weighted by Crippen LogP contribution is 2.43. The third-order valence-corrected chi connectivity index (χ3v) is 5.91. The average Bonchev–Trinajstić information content (AvgIpc) is 3.12. The van der Waals surface area contributed by atoms with Gasteiger partial charge in [0.25, 0.3) is 5.91 Å². The summed E-state index contributed by atoms with van der Waals surface area (Å²) >= 11 is 1.44. The first-order chi connectivity index (χ1) is 14.0. The summed E-state index contributed by atoms with van der Waals surface area (Å²) in [5.74, 6) is -0.494. The molecule has 1 saturated heterocycles. The number of halogens is 1. The number of hydrogen-bond acceptors (Lipinski definition) is 3. The van der Waals surface area contributed by atoms with Gasteiger partial charge in [0.2, 0.25) is 5.91 Å². The molecule has 1 heterocycles. The largest absolute Gasteiger partial charge is 0.322 e. The molecular weight excluding hydrogens is 387 g/mol. The van der Waals surface area contributed by atoms with Gasteiger partial charge in [-0.2, -0.15) is 0 Å². The number of aryl methyl sites for hydroxylation is 1. The second kappa shape index (κ2) is 8.09. The summed E-state index contributed by atoms with van der Waals surface area (Å²) < 4.78 is 14.5. The van der Waals surface area contributed by atoms with Crippen LogP contribution in [0.4, 0.5) is 15.8 Å². The van der Waals surface area contributed by atoms with Crippen molar-refractivity contribution in [3.05, 3.63) is 95.3 Å². The van der Waals surface area contributed by atoms with E-state index in [9.17, 15) is 14.0 Å². The van der Waals surface area contributed by atoms with E-state index in [1.165, 1.54) is 22.7 Å². The molecule has 3 aromatic carbocycles. The van der Waals surface area contributed by atoms with E-state index in [4.69, 9.17) is 0 Å². The molecule has 1 aliphatic heterocycles. The van der Waals surface area contributed by atoms with Gasteiger partial charge in [0.15, 0.2) is 0 Å². The molecule has 0 aromatic heterocycles. The average molecular weight is 406 g/mol. The first kappa shape index (κ1) is 19.2. The van der Waals surface area contributed by atoms with E-state index in [-0.39, 0.29) is 28.6 Å². The van der Waals surface area contributed by atoms with Crippen molar-refractivity contribution in [2.45, 2.75) is 12.3 Å². The number of carbonyl (C=O) groups is 2. The number of rotatable bonds is 4. The van der Waals surface area contributed by atoms with E-state index in [2.05, 4.69) is 5.32 Å². The maximum atomic E-state index is 14.5. The molecule has 1 unspecified atom stereocenters. The van der Waals surface area contributed by atoms with Gasteiger partial charge in [-0.15, -0.1) is 11.8 Å². The molecule has 2 amide bonds. The number of amides is 2. The fourth-order valence-corrected chi connectivity index (χ4v) is 4.46. The van der Waals surface area contributed by atoms with Gasteiger partial charge in [-0.1, -0.05) is 36.4 Å². The van der Waals surface area contributed by atoms with Gasteiger partial charge in [-0.05, 0) is 54.4 Å². The lowest BCUT2D eigenvalue weighted by molar-refractivity contribution is -0.115. The normalized spacial score (nSPS) is 16.1. The zero-order chi connectivity index (χ0) is 20.4. The van der Waals surface area contributed by atoms with Crippen molar-refractivity contribution >= 4 is 35.0 Å². The summed E-state index contributed by atoms with van der Waals surface area (Å²) in [6.45, 7) is 1.87. The highest BCUT2D eigenvalue weighted by molar-refractivity contribution is 8.00. The van der Waals surface area contributed by atoms with Crippen LogP contribution >= 0.6 is 11.8 Å². The lowest BCUT2D eigenvalue weighted by Crippen LogP contribution is -2.28. The highest BCUT2D eigenvalue weighted by atomic mass is 32.2. The monoisotopic (exact) mass is 406 g/mol. The molecule has 0 saturated carbocycles. The van der Waals surface area contributed by atoms with Crippen LogP contribution in [0.25, 0.3) is 0 Å². The zero-order valence-electron chi connectivity index (χ0n) is 15.8. The van der Waals surface area contributed by atoms with Crippen LogP contribution in [0.5, 0.6) is 0 Å². The predicted octanol–water partition coefficient (Wildman–Crippen LogP) is 5.17. The molecular formula is C23H19FN2O2S. The van der Waals surface area contributed by atoms with Crippen LogP contribution in [-0.2, 0) is 4.79 Å². The summed E-state index contributed by atoms with van der Waals surface area (Å²) in [5, 5.41) is 2.53. The van der Waals surface area contributed by atoms with Crippen LogP contribution in [0, 0.1) is 12.7 Å². The number of benzene rings is 3. The third-order valence-electron chi connectivity index (χ3n) is 4.69. The number of carbonyl (C=O) groups excluding carboxylic acids is 2. The van der Waals surface area contributed by atoms with Crippen molar-refractivity contribution in [2.75, 3.05) is 16.0 Å². The maximum Gasteiger partial charge on any atom is 0.255 e. The Balaban J connectivity index is 1.62. The minimum Gasteiger partial charge on any atom is -0.322 e. The molecule has 29 heavy (non-hydrogen) atoms. The Labute approximate surface area is 172 Å². The zero-order valence-corrected chi connectivity index (χ0v) is 16.6. The van der Waals surface area contributed by atoms with Crippen molar-refractivity contribution in [1.82, 2.24) is 0 Å². The summed E-state index contributed by atoms with van der Waals surface area (Å²) in [6, 6.07) is 21.0. The van der Waals surface area contributed by atoms with E-state index in [1.54, 1.807) is 42.5 Å². The topological polar surface area (TPSA) is 49.4 Å². The molecule has 0 aliphatic carbocycles. The van der Waals surface area contributed by atoms with Crippen molar-refractivity contribution in [3.8, 4) is 0 Å². The van der Waals surface area contributed by atoms with Crippen LogP contribution in [0.1, 0.15) is 26.9 Å². The minimum atomic E-state index is -0.426. The van der Waals surface area contributed by atoms with Gasteiger partial charge in [0.05, 0.1) is 11.4 Å². The second-order valence-corrected chi connectivity index (χ2v) is 7.90. The first-order valence-electron chi connectivity index (χ1n) is 9.19. The smallest absolute Gasteiger partial charge is 0.255 e. The van der Waals surface area contributed by atoms with E-state index in [1.807, 2.05) is 31.2 Å². The Morgan fingerprint density at radius 3 is 2.66 bits per heavy atom. The molecule has 6 heteroatoms. The Hall–Kier alpha value is -3.12. The van der Waals surface area contributed by atoms with Gasteiger partial charge >= 0.3 is 0 Å². The molecule has 4 nitrogen and oxygen atoms in total. The molecule has 146 valence electrons. The van der Waals surface area contributed by atoms with Crippen LogP contribution in [0.2, 0.25) is 0 Å². The van der Waals surface area contributed by atoms with Crippen molar-refractivity contribution < 1.29 is 14.0 Å². The number of hydrogen-bond donors (Lipinski definition) is 1.